The molecule has 1 saturated carbocycles. The molecule has 1 rings (SSSR count). The first kappa shape index (κ1) is 18.0. The second-order valence-corrected chi connectivity index (χ2v) is 6.91. The van der Waals surface area contributed by atoms with E-state index in [-0.39, 0.29) is 0 Å². The van der Waals surface area contributed by atoms with Gasteiger partial charge in [0.1, 0.15) is 0 Å². The third-order valence-corrected chi connectivity index (χ3v) is 5.21. The van der Waals surface area contributed by atoms with Gasteiger partial charge in [0.2, 0.25) is 0 Å². The van der Waals surface area contributed by atoms with Crippen LogP contribution < -0.4 is 5.32 Å². The van der Waals surface area contributed by atoms with E-state index in [1.807, 2.05) is 0 Å². The van der Waals surface area contributed by atoms with Crippen LogP contribution in [-0.4, -0.2) is 13.1 Å². The summed E-state index contributed by atoms with van der Waals surface area (Å²) in [6.45, 7) is 2.30. The summed E-state index contributed by atoms with van der Waals surface area (Å²) in [4.78, 5) is 0. The van der Waals surface area contributed by atoms with Crippen LogP contribution in [0.5, 0.6) is 0 Å². The van der Waals surface area contributed by atoms with E-state index in [0.717, 1.165) is 12.0 Å². The van der Waals surface area contributed by atoms with E-state index in [2.05, 4.69) is 19.3 Å². The first-order valence-corrected chi connectivity index (χ1v) is 9.55. The summed E-state index contributed by atoms with van der Waals surface area (Å²) in [6.07, 6.45) is 21.8. The van der Waals surface area contributed by atoms with Gasteiger partial charge < -0.3 is 5.32 Å². The molecule has 0 heterocycles. The van der Waals surface area contributed by atoms with E-state index >= 15 is 0 Å². The zero-order chi connectivity index (χ0) is 14.5. The molecule has 1 heteroatoms. The minimum absolute atomic E-state index is 0.805. The number of rotatable bonds is 12. The first-order valence-electron chi connectivity index (χ1n) is 9.55. The van der Waals surface area contributed by atoms with Gasteiger partial charge in [0, 0.05) is 6.04 Å². The van der Waals surface area contributed by atoms with Crippen LogP contribution in [-0.2, 0) is 0 Å². The predicted molar refractivity (Wildman–Crippen MR) is 91.3 cm³/mol. The maximum atomic E-state index is 3.60. The van der Waals surface area contributed by atoms with Crippen molar-refractivity contribution >= 4 is 0 Å². The second kappa shape index (κ2) is 12.7. The van der Waals surface area contributed by atoms with Gasteiger partial charge in [-0.15, -0.1) is 0 Å². The summed E-state index contributed by atoms with van der Waals surface area (Å²) in [6, 6.07) is 0.805. The highest BCUT2D eigenvalue weighted by molar-refractivity contribution is 4.78. The van der Waals surface area contributed by atoms with Gasteiger partial charge >= 0.3 is 0 Å². The molecular formula is C19H39N. The number of nitrogens with one attached hydrogen (secondary N) is 1. The lowest BCUT2D eigenvalue weighted by Crippen LogP contribution is -2.34. The fourth-order valence-corrected chi connectivity index (χ4v) is 3.83. The van der Waals surface area contributed by atoms with Gasteiger partial charge in [0.05, 0.1) is 0 Å². The van der Waals surface area contributed by atoms with Gasteiger partial charge in [0.15, 0.2) is 0 Å². The molecule has 0 aromatic carbocycles. The average Bonchev–Trinajstić information content (AvgIpc) is 2.50. The molecule has 20 heavy (non-hydrogen) atoms. The van der Waals surface area contributed by atoms with Crippen molar-refractivity contribution in [3.63, 3.8) is 0 Å². The minimum Gasteiger partial charge on any atom is -0.317 e. The molecule has 0 radical (unpaired) electrons. The molecule has 0 aromatic heterocycles. The molecule has 0 aliphatic heterocycles. The molecule has 1 atom stereocenters. The zero-order valence-electron chi connectivity index (χ0n) is 14.3. The van der Waals surface area contributed by atoms with Gasteiger partial charge in [-0.05, 0) is 32.2 Å². The lowest BCUT2D eigenvalue weighted by atomic mass is 9.82. The third-order valence-electron chi connectivity index (χ3n) is 5.21. The Bertz CT molecular complexity index is 196. The minimum atomic E-state index is 0.805. The Morgan fingerprint density at radius 3 is 1.90 bits per heavy atom. The Morgan fingerprint density at radius 1 is 0.800 bits per heavy atom. The maximum Gasteiger partial charge on any atom is 0.00923 e. The molecule has 120 valence electrons. The van der Waals surface area contributed by atoms with Crippen molar-refractivity contribution in [1.29, 1.82) is 0 Å². The van der Waals surface area contributed by atoms with Gasteiger partial charge in [-0.1, -0.05) is 84.0 Å². The Balaban J connectivity index is 1.93. The third kappa shape index (κ3) is 8.29. The highest BCUT2D eigenvalue weighted by atomic mass is 14.9. The summed E-state index contributed by atoms with van der Waals surface area (Å²) in [5.41, 5.74) is 0. The van der Waals surface area contributed by atoms with Gasteiger partial charge in [-0.2, -0.15) is 0 Å². The highest BCUT2D eigenvalue weighted by Gasteiger charge is 2.21. The highest BCUT2D eigenvalue weighted by Crippen LogP contribution is 2.28. The molecule has 1 N–H and O–H groups in total. The topological polar surface area (TPSA) is 12.0 Å². The quantitative estimate of drug-likeness (QED) is 0.428. The van der Waals surface area contributed by atoms with Crippen LogP contribution in [0.3, 0.4) is 0 Å². The van der Waals surface area contributed by atoms with Crippen molar-refractivity contribution in [3.8, 4) is 0 Å². The van der Waals surface area contributed by atoms with Crippen molar-refractivity contribution in [3.05, 3.63) is 0 Å². The molecule has 0 aromatic rings. The molecule has 1 nitrogen and oxygen atoms in total. The summed E-state index contributed by atoms with van der Waals surface area (Å²) < 4.78 is 0. The van der Waals surface area contributed by atoms with Crippen molar-refractivity contribution < 1.29 is 0 Å². The van der Waals surface area contributed by atoms with Crippen molar-refractivity contribution in [2.75, 3.05) is 7.05 Å². The SMILES string of the molecule is CCCCCCCCCCCC(NC)C1CCCCC1. The van der Waals surface area contributed by atoms with Gasteiger partial charge in [-0.25, -0.2) is 0 Å². The van der Waals surface area contributed by atoms with Crippen molar-refractivity contribution in [2.45, 2.75) is 109 Å². The Kier molecular flexibility index (Phi) is 11.4. The monoisotopic (exact) mass is 281 g/mol. The van der Waals surface area contributed by atoms with Gasteiger partial charge in [0.25, 0.3) is 0 Å². The molecule has 1 unspecified atom stereocenters. The maximum absolute atomic E-state index is 3.60. The first-order chi connectivity index (χ1) is 9.88. The summed E-state index contributed by atoms with van der Waals surface area (Å²) >= 11 is 0. The molecule has 1 fully saturated rings. The standard InChI is InChI=1S/C19H39N/c1-3-4-5-6-7-8-9-10-14-17-19(20-2)18-15-12-11-13-16-18/h18-20H,3-17H2,1-2H3. The van der Waals surface area contributed by atoms with E-state index in [1.54, 1.807) is 0 Å². The average molecular weight is 282 g/mol. The van der Waals surface area contributed by atoms with E-state index < -0.39 is 0 Å². The zero-order valence-corrected chi connectivity index (χ0v) is 14.3. The van der Waals surface area contributed by atoms with E-state index in [4.69, 9.17) is 0 Å². The van der Waals surface area contributed by atoms with Crippen LogP contribution in [0.2, 0.25) is 0 Å². The summed E-state index contributed by atoms with van der Waals surface area (Å²) in [7, 11) is 2.17. The molecule has 1 aliphatic rings. The van der Waals surface area contributed by atoms with Crippen LogP contribution >= 0.6 is 0 Å². The van der Waals surface area contributed by atoms with Crippen molar-refractivity contribution in [1.82, 2.24) is 5.32 Å². The number of unbranched alkanes of at least 4 members (excludes halogenated alkanes) is 8. The van der Waals surface area contributed by atoms with Crippen LogP contribution in [0, 0.1) is 5.92 Å². The summed E-state index contributed by atoms with van der Waals surface area (Å²) in [5, 5.41) is 3.60. The van der Waals surface area contributed by atoms with Crippen LogP contribution in [0.15, 0.2) is 0 Å². The fourth-order valence-electron chi connectivity index (χ4n) is 3.83. The van der Waals surface area contributed by atoms with E-state index in [9.17, 15) is 0 Å². The predicted octanol–water partition coefficient (Wildman–Crippen LogP) is 6.08. The summed E-state index contributed by atoms with van der Waals surface area (Å²) in [5.74, 6) is 0.975. The van der Waals surface area contributed by atoms with Crippen LogP contribution in [0.4, 0.5) is 0 Å². The molecule has 0 amide bonds. The number of hydrogen-bond acceptors (Lipinski definition) is 1. The molecular weight excluding hydrogens is 242 g/mol. The number of hydrogen-bond donors (Lipinski definition) is 1. The lowest BCUT2D eigenvalue weighted by molar-refractivity contribution is 0.263. The fraction of sp³-hybridized carbons (Fsp3) is 1.00. The normalized spacial score (nSPS) is 18.3. The Morgan fingerprint density at radius 2 is 1.35 bits per heavy atom. The van der Waals surface area contributed by atoms with E-state index in [1.165, 1.54) is 96.3 Å². The molecule has 0 bridgehead atoms. The largest absolute Gasteiger partial charge is 0.317 e. The molecule has 0 spiro atoms. The Labute approximate surface area is 128 Å². The Hall–Kier alpha value is -0.0400. The van der Waals surface area contributed by atoms with Crippen LogP contribution in [0.1, 0.15) is 103 Å². The smallest absolute Gasteiger partial charge is 0.00923 e. The van der Waals surface area contributed by atoms with Gasteiger partial charge in [-0.3, -0.25) is 0 Å². The van der Waals surface area contributed by atoms with E-state index in [0.29, 0.717) is 0 Å². The van der Waals surface area contributed by atoms with Crippen molar-refractivity contribution in [2.24, 2.45) is 5.92 Å². The second-order valence-electron chi connectivity index (χ2n) is 6.91. The lowest BCUT2D eigenvalue weighted by Gasteiger charge is -2.30. The van der Waals surface area contributed by atoms with Crippen LogP contribution in [0.25, 0.3) is 0 Å². The molecule has 0 saturated heterocycles. The molecule has 1 aliphatic carbocycles.